The van der Waals surface area contributed by atoms with E-state index in [0.717, 1.165) is 23.4 Å². The van der Waals surface area contributed by atoms with E-state index >= 15 is 0 Å². The number of ether oxygens (including phenoxy) is 1. The van der Waals surface area contributed by atoms with Gasteiger partial charge in [0.25, 0.3) is 0 Å². The van der Waals surface area contributed by atoms with Crippen LogP contribution in [0.1, 0.15) is 38.3 Å². The molecule has 2 N–H and O–H groups in total. The van der Waals surface area contributed by atoms with Crippen LogP contribution in [0.5, 0.6) is 5.75 Å². The highest BCUT2D eigenvalue weighted by molar-refractivity contribution is 5.78. The number of amides is 1. The molecular formula is C17H26N2O2. The highest BCUT2D eigenvalue weighted by Gasteiger charge is 2.36. The normalized spacial score (nSPS) is 19.2. The maximum Gasteiger partial charge on any atom is 0.223 e. The van der Waals surface area contributed by atoms with Crippen LogP contribution < -0.4 is 10.5 Å². The first-order valence-electron chi connectivity index (χ1n) is 7.48. The minimum atomic E-state index is 0.160. The Bertz CT molecular complexity index is 520. The van der Waals surface area contributed by atoms with Crippen molar-refractivity contribution in [3.8, 4) is 5.75 Å². The van der Waals surface area contributed by atoms with Gasteiger partial charge < -0.3 is 15.4 Å². The molecule has 1 aliphatic heterocycles. The number of carbonyl (C=O) groups excluding carboxylic acids is 1. The third kappa shape index (κ3) is 3.56. The fourth-order valence-electron chi connectivity index (χ4n) is 2.79. The number of nitrogens with zero attached hydrogens (tertiary/aromatic N) is 1. The van der Waals surface area contributed by atoms with Crippen LogP contribution in [0.25, 0.3) is 0 Å². The summed E-state index contributed by atoms with van der Waals surface area (Å²) >= 11 is 0. The molecule has 0 aromatic heterocycles. The van der Waals surface area contributed by atoms with Crippen molar-refractivity contribution in [2.75, 3.05) is 13.7 Å². The molecule has 21 heavy (non-hydrogen) atoms. The summed E-state index contributed by atoms with van der Waals surface area (Å²) in [5.41, 5.74) is 7.95. The Morgan fingerprint density at radius 3 is 2.62 bits per heavy atom. The minimum absolute atomic E-state index is 0.160. The second-order valence-electron chi connectivity index (χ2n) is 6.89. The van der Waals surface area contributed by atoms with Crippen molar-refractivity contribution in [3.63, 3.8) is 0 Å². The van der Waals surface area contributed by atoms with Crippen LogP contribution in [0.15, 0.2) is 18.2 Å². The smallest absolute Gasteiger partial charge is 0.223 e. The third-order valence-electron chi connectivity index (χ3n) is 4.38. The topological polar surface area (TPSA) is 55.6 Å². The Labute approximate surface area is 127 Å². The second kappa shape index (κ2) is 6.06. The maximum absolute atomic E-state index is 12.3. The monoisotopic (exact) mass is 290 g/mol. The van der Waals surface area contributed by atoms with Gasteiger partial charge in [0, 0.05) is 31.6 Å². The van der Waals surface area contributed by atoms with E-state index in [9.17, 15) is 4.79 Å². The Morgan fingerprint density at radius 1 is 1.38 bits per heavy atom. The standard InChI is InChI=1S/C17H26N2O2/c1-17(2,3)14-8-16(20)19(11-14)10-13-7-12(9-18)5-6-15(13)21-4/h5-7,14H,8-11,18H2,1-4H3. The lowest BCUT2D eigenvalue weighted by atomic mass is 9.80. The van der Waals surface area contributed by atoms with Crippen molar-refractivity contribution >= 4 is 5.91 Å². The molecule has 1 amide bonds. The van der Waals surface area contributed by atoms with Crippen molar-refractivity contribution in [2.45, 2.75) is 40.3 Å². The van der Waals surface area contributed by atoms with Crippen LogP contribution in [0.3, 0.4) is 0 Å². The molecule has 116 valence electrons. The molecule has 0 saturated carbocycles. The molecule has 0 aliphatic carbocycles. The SMILES string of the molecule is COc1ccc(CN)cc1CN1CC(C(C)(C)C)CC1=O. The van der Waals surface area contributed by atoms with Gasteiger partial charge in [-0.25, -0.2) is 0 Å². The van der Waals surface area contributed by atoms with Crippen LogP contribution in [0.2, 0.25) is 0 Å². The van der Waals surface area contributed by atoms with Crippen molar-refractivity contribution < 1.29 is 9.53 Å². The molecule has 0 bridgehead atoms. The molecule has 1 aromatic carbocycles. The molecule has 4 heteroatoms. The van der Waals surface area contributed by atoms with Crippen molar-refractivity contribution in [1.82, 2.24) is 4.90 Å². The van der Waals surface area contributed by atoms with Gasteiger partial charge in [-0.1, -0.05) is 26.8 Å². The fourth-order valence-corrected chi connectivity index (χ4v) is 2.79. The first kappa shape index (κ1) is 15.8. The minimum Gasteiger partial charge on any atom is -0.496 e. The molecule has 1 atom stereocenters. The average Bonchev–Trinajstić information content (AvgIpc) is 2.80. The number of carbonyl (C=O) groups is 1. The Balaban J connectivity index is 2.16. The summed E-state index contributed by atoms with van der Waals surface area (Å²) in [6.07, 6.45) is 0.641. The molecule has 0 spiro atoms. The zero-order valence-corrected chi connectivity index (χ0v) is 13.5. The van der Waals surface area contributed by atoms with Gasteiger partial charge in [-0.3, -0.25) is 4.79 Å². The van der Waals surface area contributed by atoms with Gasteiger partial charge >= 0.3 is 0 Å². The lowest BCUT2D eigenvalue weighted by Gasteiger charge is -2.26. The van der Waals surface area contributed by atoms with E-state index in [1.54, 1.807) is 7.11 Å². The Morgan fingerprint density at radius 2 is 2.10 bits per heavy atom. The van der Waals surface area contributed by atoms with Gasteiger partial charge in [0.2, 0.25) is 5.91 Å². The van der Waals surface area contributed by atoms with Gasteiger partial charge in [0.1, 0.15) is 5.75 Å². The summed E-state index contributed by atoms with van der Waals surface area (Å²) < 4.78 is 5.41. The van der Waals surface area contributed by atoms with E-state index in [0.29, 0.717) is 25.4 Å². The zero-order chi connectivity index (χ0) is 15.6. The highest BCUT2D eigenvalue weighted by atomic mass is 16.5. The van der Waals surface area contributed by atoms with Crippen LogP contribution >= 0.6 is 0 Å². The molecule has 1 fully saturated rings. The number of benzene rings is 1. The molecule has 0 radical (unpaired) electrons. The van der Waals surface area contributed by atoms with Crippen LogP contribution in [-0.4, -0.2) is 24.5 Å². The zero-order valence-electron chi connectivity index (χ0n) is 13.5. The maximum atomic E-state index is 12.3. The first-order chi connectivity index (χ1) is 9.85. The van der Waals surface area contributed by atoms with Gasteiger partial charge in [0.15, 0.2) is 0 Å². The molecule has 4 nitrogen and oxygen atoms in total. The summed E-state index contributed by atoms with van der Waals surface area (Å²) in [4.78, 5) is 14.2. The molecule has 2 rings (SSSR count). The fraction of sp³-hybridized carbons (Fsp3) is 0.588. The molecule has 1 unspecified atom stereocenters. The number of rotatable bonds is 4. The van der Waals surface area contributed by atoms with Crippen LogP contribution in [0.4, 0.5) is 0 Å². The lowest BCUT2D eigenvalue weighted by molar-refractivity contribution is -0.128. The number of likely N-dealkylation sites (tertiary alicyclic amines) is 1. The van der Waals surface area contributed by atoms with Gasteiger partial charge in [-0.05, 0) is 29.0 Å². The molecule has 1 aromatic rings. The number of methoxy groups -OCH3 is 1. The Kier molecular flexibility index (Phi) is 4.57. The molecule has 1 heterocycles. The van der Waals surface area contributed by atoms with E-state index in [1.165, 1.54) is 0 Å². The quantitative estimate of drug-likeness (QED) is 0.927. The van der Waals surface area contributed by atoms with Crippen LogP contribution in [0, 0.1) is 11.3 Å². The molecular weight excluding hydrogens is 264 g/mol. The molecule has 1 aliphatic rings. The first-order valence-corrected chi connectivity index (χ1v) is 7.48. The van der Waals surface area contributed by atoms with Crippen LogP contribution in [-0.2, 0) is 17.9 Å². The summed E-state index contributed by atoms with van der Waals surface area (Å²) in [5.74, 6) is 1.46. The Hall–Kier alpha value is -1.55. The average molecular weight is 290 g/mol. The summed E-state index contributed by atoms with van der Waals surface area (Å²) in [6.45, 7) is 8.51. The van der Waals surface area contributed by atoms with Crippen molar-refractivity contribution in [3.05, 3.63) is 29.3 Å². The third-order valence-corrected chi connectivity index (χ3v) is 4.38. The summed E-state index contributed by atoms with van der Waals surface area (Å²) in [7, 11) is 1.66. The highest BCUT2D eigenvalue weighted by Crippen LogP contribution is 2.35. The van der Waals surface area contributed by atoms with Gasteiger partial charge in [-0.15, -0.1) is 0 Å². The van der Waals surface area contributed by atoms with E-state index in [2.05, 4.69) is 20.8 Å². The number of hydrogen-bond acceptors (Lipinski definition) is 3. The second-order valence-corrected chi connectivity index (χ2v) is 6.89. The number of hydrogen-bond donors (Lipinski definition) is 1. The lowest BCUT2D eigenvalue weighted by Crippen LogP contribution is -2.27. The summed E-state index contributed by atoms with van der Waals surface area (Å²) in [6, 6.07) is 5.93. The van der Waals surface area contributed by atoms with Crippen molar-refractivity contribution in [2.24, 2.45) is 17.1 Å². The van der Waals surface area contributed by atoms with E-state index in [4.69, 9.17) is 10.5 Å². The predicted octanol–water partition coefficient (Wildman–Crippen LogP) is 2.55. The van der Waals surface area contributed by atoms with Crippen molar-refractivity contribution in [1.29, 1.82) is 0 Å². The van der Waals surface area contributed by atoms with Gasteiger partial charge in [0.05, 0.1) is 7.11 Å². The van der Waals surface area contributed by atoms with E-state index < -0.39 is 0 Å². The summed E-state index contributed by atoms with van der Waals surface area (Å²) in [5, 5.41) is 0. The van der Waals surface area contributed by atoms with E-state index in [1.807, 2.05) is 23.1 Å². The number of nitrogens with two attached hydrogens (primary N) is 1. The van der Waals surface area contributed by atoms with E-state index in [-0.39, 0.29) is 11.3 Å². The largest absolute Gasteiger partial charge is 0.496 e. The predicted molar refractivity (Wildman–Crippen MR) is 83.9 cm³/mol. The van der Waals surface area contributed by atoms with Gasteiger partial charge in [-0.2, -0.15) is 0 Å². The molecule has 1 saturated heterocycles.